The van der Waals surface area contributed by atoms with Gasteiger partial charge in [-0.3, -0.25) is 4.79 Å². The summed E-state index contributed by atoms with van der Waals surface area (Å²) in [4.78, 5) is 10.6. The van der Waals surface area contributed by atoms with Crippen LogP contribution in [0.25, 0.3) is 0 Å². The third-order valence-electron chi connectivity index (χ3n) is 2.30. The summed E-state index contributed by atoms with van der Waals surface area (Å²) < 4.78 is 37.4. The molecule has 88 valence electrons. The van der Waals surface area contributed by atoms with E-state index in [4.69, 9.17) is 5.11 Å². The fraction of sp³-hybridized carbons (Fsp3) is 0.364. The highest BCUT2D eigenvalue weighted by atomic mass is 19.4. The Bertz CT molecular complexity index is 368. The second-order valence-corrected chi connectivity index (χ2v) is 3.41. The van der Waals surface area contributed by atoms with Gasteiger partial charge in [-0.25, -0.2) is 0 Å². The van der Waals surface area contributed by atoms with E-state index in [1.54, 1.807) is 0 Å². The molecule has 0 radical (unpaired) electrons. The second kappa shape index (κ2) is 4.55. The summed E-state index contributed by atoms with van der Waals surface area (Å²) in [6, 6.07) is 5.45. The van der Waals surface area contributed by atoms with Crippen LogP contribution >= 0.6 is 0 Å². The van der Waals surface area contributed by atoms with Crippen molar-refractivity contribution in [3.8, 4) is 0 Å². The Morgan fingerprint density at radius 2 is 1.81 bits per heavy atom. The molecule has 1 atom stereocenters. The van der Waals surface area contributed by atoms with Crippen LogP contribution < -0.4 is 0 Å². The van der Waals surface area contributed by atoms with E-state index in [1.807, 2.05) is 6.92 Å². The normalized spacial score (nSPS) is 13.5. The number of carbonyl (C=O) groups is 1. The molecular formula is C11H11F3O2. The van der Waals surface area contributed by atoms with Crippen molar-refractivity contribution in [1.82, 2.24) is 0 Å². The van der Waals surface area contributed by atoms with Crippen LogP contribution in [0.1, 0.15) is 24.0 Å². The number of hydrogen-bond acceptors (Lipinski definition) is 1. The van der Waals surface area contributed by atoms with Gasteiger partial charge in [0.1, 0.15) is 0 Å². The summed E-state index contributed by atoms with van der Waals surface area (Å²) in [5, 5.41) is 8.57. The molecule has 0 amide bonds. The predicted molar refractivity (Wildman–Crippen MR) is 52.3 cm³/mol. The first-order chi connectivity index (χ1) is 7.36. The van der Waals surface area contributed by atoms with E-state index in [-0.39, 0.29) is 5.56 Å². The number of rotatable bonds is 3. The summed E-state index contributed by atoms with van der Waals surface area (Å²) >= 11 is 0. The zero-order valence-electron chi connectivity index (χ0n) is 8.58. The van der Waals surface area contributed by atoms with Crippen molar-refractivity contribution in [2.24, 2.45) is 0 Å². The smallest absolute Gasteiger partial charge is 0.406 e. The maximum Gasteiger partial charge on any atom is 0.406 e. The van der Waals surface area contributed by atoms with E-state index >= 15 is 0 Å². The second-order valence-electron chi connectivity index (χ2n) is 3.41. The average molecular weight is 232 g/mol. The Labute approximate surface area is 90.7 Å². The minimum atomic E-state index is -4.76. The topological polar surface area (TPSA) is 37.3 Å². The molecule has 1 rings (SSSR count). The van der Waals surface area contributed by atoms with Crippen LogP contribution in [0.5, 0.6) is 0 Å². The Hall–Kier alpha value is -1.52. The van der Waals surface area contributed by atoms with Gasteiger partial charge in [0, 0.05) is 0 Å². The van der Waals surface area contributed by atoms with Gasteiger partial charge in [-0.2, -0.15) is 13.2 Å². The number of aliphatic carboxylic acids is 1. The van der Waals surface area contributed by atoms with Gasteiger partial charge in [-0.05, 0) is 17.5 Å². The molecule has 0 spiro atoms. The van der Waals surface area contributed by atoms with Crippen LogP contribution in [-0.2, 0) is 11.2 Å². The summed E-state index contributed by atoms with van der Waals surface area (Å²) in [5.74, 6) is -4.32. The fourth-order valence-corrected chi connectivity index (χ4v) is 1.42. The quantitative estimate of drug-likeness (QED) is 0.869. The van der Waals surface area contributed by atoms with Gasteiger partial charge in [0.2, 0.25) is 0 Å². The molecule has 0 aromatic heterocycles. The molecule has 0 aliphatic carbocycles. The largest absolute Gasteiger partial charge is 0.481 e. The Morgan fingerprint density at radius 3 is 2.12 bits per heavy atom. The molecule has 0 heterocycles. The lowest BCUT2D eigenvalue weighted by molar-refractivity contribution is -0.176. The summed E-state index contributed by atoms with van der Waals surface area (Å²) in [6.07, 6.45) is -4.07. The van der Waals surface area contributed by atoms with Crippen molar-refractivity contribution in [2.45, 2.75) is 25.4 Å². The molecule has 0 saturated heterocycles. The van der Waals surface area contributed by atoms with E-state index in [0.717, 1.165) is 5.56 Å². The van der Waals surface area contributed by atoms with Gasteiger partial charge in [0.25, 0.3) is 0 Å². The van der Waals surface area contributed by atoms with Crippen LogP contribution in [0, 0.1) is 0 Å². The van der Waals surface area contributed by atoms with Gasteiger partial charge in [0.05, 0.1) is 0 Å². The van der Waals surface area contributed by atoms with Crippen molar-refractivity contribution in [1.29, 1.82) is 0 Å². The summed E-state index contributed by atoms with van der Waals surface area (Å²) in [5.41, 5.74) is 0.632. The fourth-order valence-electron chi connectivity index (χ4n) is 1.42. The van der Waals surface area contributed by atoms with Gasteiger partial charge in [-0.15, -0.1) is 0 Å². The molecular weight excluding hydrogens is 221 g/mol. The molecule has 0 aliphatic rings. The van der Waals surface area contributed by atoms with E-state index in [1.165, 1.54) is 24.3 Å². The number of alkyl halides is 3. The molecule has 0 fully saturated rings. The van der Waals surface area contributed by atoms with E-state index in [9.17, 15) is 18.0 Å². The van der Waals surface area contributed by atoms with Crippen LogP contribution in [0.15, 0.2) is 24.3 Å². The van der Waals surface area contributed by atoms with Crippen molar-refractivity contribution >= 4 is 5.97 Å². The maximum atomic E-state index is 12.5. The number of halogens is 3. The first-order valence-electron chi connectivity index (χ1n) is 4.74. The van der Waals surface area contributed by atoms with Crippen LogP contribution in [0.4, 0.5) is 13.2 Å². The average Bonchev–Trinajstić information content (AvgIpc) is 2.16. The number of hydrogen-bond donors (Lipinski definition) is 1. The highest BCUT2D eigenvalue weighted by molar-refractivity contribution is 5.77. The molecule has 16 heavy (non-hydrogen) atoms. The minimum absolute atomic E-state index is 0.239. The molecule has 1 N–H and O–H groups in total. The minimum Gasteiger partial charge on any atom is -0.481 e. The molecule has 1 unspecified atom stereocenters. The zero-order valence-corrected chi connectivity index (χ0v) is 8.58. The molecule has 0 saturated carbocycles. The number of benzene rings is 1. The third-order valence-corrected chi connectivity index (χ3v) is 2.30. The Kier molecular flexibility index (Phi) is 3.57. The van der Waals surface area contributed by atoms with Gasteiger partial charge < -0.3 is 5.11 Å². The number of carboxylic acids is 1. The van der Waals surface area contributed by atoms with E-state index < -0.39 is 18.1 Å². The molecule has 0 aliphatic heterocycles. The lowest BCUT2D eigenvalue weighted by atomic mass is 9.97. The standard InChI is InChI=1S/C11H11F3O2/c1-2-7-3-5-8(6-4-7)9(10(15)16)11(12,13)14/h3-6,9H,2H2,1H3,(H,15,16). The number of carboxylic acid groups (broad SMARTS) is 1. The van der Waals surface area contributed by atoms with Gasteiger partial charge in [-0.1, -0.05) is 31.2 Å². The van der Waals surface area contributed by atoms with Crippen molar-refractivity contribution in [3.05, 3.63) is 35.4 Å². The third kappa shape index (κ3) is 2.74. The predicted octanol–water partition coefficient (Wildman–Crippen LogP) is 2.98. The van der Waals surface area contributed by atoms with Crippen molar-refractivity contribution < 1.29 is 23.1 Å². The highest BCUT2D eigenvalue weighted by Crippen LogP contribution is 2.35. The monoisotopic (exact) mass is 232 g/mol. The maximum absolute atomic E-state index is 12.5. The summed E-state index contributed by atoms with van der Waals surface area (Å²) in [6.45, 7) is 1.87. The lowest BCUT2D eigenvalue weighted by Crippen LogP contribution is -2.28. The summed E-state index contributed by atoms with van der Waals surface area (Å²) in [7, 11) is 0. The Morgan fingerprint density at radius 1 is 1.31 bits per heavy atom. The first-order valence-corrected chi connectivity index (χ1v) is 4.74. The van der Waals surface area contributed by atoms with Crippen LogP contribution in [0.2, 0.25) is 0 Å². The lowest BCUT2D eigenvalue weighted by Gasteiger charge is -2.16. The molecule has 1 aromatic rings. The van der Waals surface area contributed by atoms with Crippen molar-refractivity contribution in [2.75, 3.05) is 0 Å². The zero-order chi connectivity index (χ0) is 12.3. The molecule has 5 heteroatoms. The van der Waals surface area contributed by atoms with Gasteiger partial charge >= 0.3 is 12.1 Å². The molecule has 2 nitrogen and oxygen atoms in total. The number of aryl methyl sites for hydroxylation is 1. The van der Waals surface area contributed by atoms with E-state index in [2.05, 4.69) is 0 Å². The SMILES string of the molecule is CCc1ccc(C(C(=O)O)C(F)(F)F)cc1. The first kappa shape index (κ1) is 12.5. The molecule has 0 bridgehead atoms. The van der Waals surface area contributed by atoms with Crippen LogP contribution in [0.3, 0.4) is 0 Å². The van der Waals surface area contributed by atoms with E-state index in [0.29, 0.717) is 6.42 Å². The molecule has 1 aromatic carbocycles. The van der Waals surface area contributed by atoms with Crippen molar-refractivity contribution in [3.63, 3.8) is 0 Å². The highest BCUT2D eigenvalue weighted by Gasteiger charge is 2.46. The van der Waals surface area contributed by atoms with Crippen LogP contribution in [-0.4, -0.2) is 17.3 Å². The van der Waals surface area contributed by atoms with Gasteiger partial charge in [0.15, 0.2) is 5.92 Å². The Balaban J connectivity index is 3.07.